The average molecular weight is 250 g/mol. The average Bonchev–Trinajstić information content (AvgIpc) is 2.38. The first-order valence-electron chi connectivity index (χ1n) is 5.41. The number of ether oxygens (including phenoxy) is 1. The first-order chi connectivity index (χ1) is 8.20. The fourth-order valence-electron chi connectivity index (χ4n) is 1.89. The first-order valence-corrected chi connectivity index (χ1v) is 5.82. The van der Waals surface area contributed by atoms with Crippen molar-refractivity contribution in [3.63, 3.8) is 0 Å². The third-order valence-corrected chi connectivity index (χ3v) is 3.17. The molecule has 5 heteroatoms. The van der Waals surface area contributed by atoms with Gasteiger partial charge in [-0.2, -0.15) is 0 Å². The predicted octanol–water partition coefficient (Wildman–Crippen LogP) is 1.69. The monoisotopic (exact) mass is 250 g/mol. The molecule has 0 aromatic heterocycles. The van der Waals surface area contributed by atoms with E-state index in [4.69, 9.17) is 12.2 Å². The van der Waals surface area contributed by atoms with Gasteiger partial charge in [0, 0.05) is 13.1 Å². The highest BCUT2D eigenvalue weighted by Crippen LogP contribution is 2.18. The summed E-state index contributed by atoms with van der Waals surface area (Å²) in [5.74, 6) is 0. The summed E-state index contributed by atoms with van der Waals surface area (Å²) < 4.78 is 4.52. The number of nitrogens with zero attached hydrogens (tertiary/aromatic N) is 1. The van der Waals surface area contributed by atoms with E-state index in [0.717, 1.165) is 19.5 Å². The predicted molar refractivity (Wildman–Crippen MR) is 68.7 cm³/mol. The Bertz CT molecular complexity index is 448. The highest BCUT2D eigenvalue weighted by atomic mass is 32.1. The van der Waals surface area contributed by atoms with Gasteiger partial charge >= 0.3 is 6.09 Å². The number of methoxy groups -OCH3 is 1. The van der Waals surface area contributed by atoms with Crippen molar-refractivity contribution < 1.29 is 9.53 Å². The van der Waals surface area contributed by atoms with Gasteiger partial charge in [0.05, 0.1) is 7.11 Å². The van der Waals surface area contributed by atoms with Crippen LogP contribution in [-0.4, -0.2) is 29.8 Å². The summed E-state index contributed by atoms with van der Waals surface area (Å²) >= 11 is 5.16. The summed E-state index contributed by atoms with van der Waals surface area (Å²) in [4.78, 5) is 13.0. The summed E-state index contributed by atoms with van der Waals surface area (Å²) in [7, 11) is 1.32. The van der Waals surface area contributed by atoms with Gasteiger partial charge in [-0.05, 0) is 29.8 Å². The van der Waals surface area contributed by atoms with Crippen LogP contribution in [0.25, 0.3) is 0 Å². The van der Waals surface area contributed by atoms with E-state index in [1.807, 2.05) is 17.0 Å². The molecule has 0 aliphatic carbocycles. The molecule has 4 nitrogen and oxygen atoms in total. The Labute approximate surface area is 106 Å². The SMILES string of the molecule is COC(=O)NC(=S)N1CCc2ccccc2C1. The lowest BCUT2D eigenvalue weighted by atomic mass is 10.0. The van der Waals surface area contributed by atoms with Gasteiger partial charge in [-0.25, -0.2) is 4.79 Å². The minimum atomic E-state index is -0.520. The van der Waals surface area contributed by atoms with E-state index < -0.39 is 6.09 Å². The molecule has 90 valence electrons. The lowest BCUT2D eigenvalue weighted by molar-refractivity contribution is 0.175. The Hall–Kier alpha value is -1.62. The van der Waals surface area contributed by atoms with Crippen molar-refractivity contribution in [1.29, 1.82) is 0 Å². The van der Waals surface area contributed by atoms with E-state index in [1.165, 1.54) is 18.2 Å². The smallest absolute Gasteiger partial charge is 0.413 e. The van der Waals surface area contributed by atoms with Crippen molar-refractivity contribution in [3.05, 3.63) is 35.4 Å². The molecule has 2 rings (SSSR count). The quantitative estimate of drug-likeness (QED) is 0.711. The Kier molecular flexibility index (Phi) is 3.58. The minimum Gasteiger partial charge on any atom is -0.453 e. The summed E-state index contributed by atoms with van der Waals surface area (Å²) in [5, 5.41) is 2.95. The lowest BCUT2D eigenvalue weighted by Crippen LogP contribution is -2.44. The van der Waals surface area contributed by atoms with Crippen LogP contribution in [0.3, 0.4) is 0 Å². The molecule has 1 aromatic carbocycles. The zero-order chi connectivity index (χ0) is 12.3. The number of carbonyl (C=O) groups excluding carboxylic acids is 1. The maximum atomic E-state index is 11.1. The second-order valence-corrected chi connectivity index (χ2v) is 4.25. The zero-order valence-electron chi connectivity index (χ0n) is 9.60. The molecule has 0 atom stereocenters. The van der Waals surface area contributed by atoms with E-state index in [9.17, 15) is 4.79 Å². The molecule has 0 saturated carbocycles. The first kappa shape index (κ1) is 11.9. The standard InChI is InChI=1S/C12H14N2O2S/c1-16-12(15)13-11(17)14-7-6-9-4-2-3-5-10(9)8-14/h2-5H,6-8H2,1H3,(H,13,15,17). The van der Waals surface area contributed by atoms with Crippen molar-refractivity contribution in [3.8, 4) is 0 Å². The van der Waals surface area contributed by atoms with Gasteiger partial charge in [-0.15, -0.1) is 0 Å². The van der Waals surface area contributed by atoms with Gasteiger partial charge in [0.25, 0.3) is 0 Å². The largest absolute Gasteiger partial charge is 0.453 e. The molecule has 0 radical (unpaired) electrons. The van der Waals surface area contributed by atoms with Crippen LogP contribution in [0.15, 0.2) is 24.3 Å². The molecule has 1 aromatic rings. The summed E-state index contributed by atoms with van der Waals surface area (Å²) in [5.41, 5.74) is 2.61. The fourth-order valence-corrected chi connectivity index (χ4v) is 2.13. The van der Waals surface area contributed by atoms with Crippen LogP contribution in [0, 0.1) is 0 Å². The van der Waals surface area contributed by atoms with Crippen LogP contribution < -0.4 is 5.32 Å². The number of fused-ring (bicyclic) bond motifs is 1. The second kappa shape index (κ2) is 5.14. The molecule has 1 aliphatic rings. The molecule has 0 fully saturated rings. The zero-order valence-corrected chi connectivity index (χ0v) is 10.4. The Morgan fingerprint density at radius 3 is 2.82 bits per heavy atom. The summed E-state index contributed by atoms with van der Waals surface area (Å²) in [6, 6.07) is 8.27. The number of rotatable bonds is 0. The molecule has 1 heterocycles. The van der Waals surface area contributed by atoms with E-state index in [-0.39, 0.29) is 0 Å². The number of hydrogen-bond acceptors (Lipinski definition) is 3. The number of carbonyl (C=O) groups is 1. The van der Waals surface area contributed by atoms with Crippen molar-refractivity contribution in [1.82, 2.24) is 10.2 Å². The normalized spacial score (nSPS) is 13.8. The fraction of sp³-hybridized carbons (Fsp3) is 0.333. The van der Waals surface area contributed by atoms with E-state index in [1.54, 1.807) is 0 Å². The maximum absolute atomic E-state index is 11.1. The highest BCUT2D eigenvalue weighted by Gasteiger charge is 2.19. The van der Waals surface area contributed by atoms with Crippen LogP contribution in [0.4, 0.5) is 4.79 Å². The van der Waals surface area contributed by atoms with Crippen molar-refractivity contribution in [2.24, 2.45) is 0 Å². The molecule has 1 aliphatic heterocycles. The Balaban J connectivity index is 2.02. The Morgan fingerprint density at radius 1 is 1.41 bits per heavy atom. The van der Waals surface area contributed by atoms with Crippen LogP contribution >= 0.6 is 12.2 Å². The topological polar surface area (TPSA) is 41.6 Å². The number of benzene rings is 1. The van der Waals surface area contributed by atoms with Gasteiger partial charge in [0.15, 0.2) is 5.11 Å². The van der Waals surface area contributed by atoms with Gasteiger partial charge in [-0.3, -0.25) is 5.32 Å². The Morgan fingerprint density at radius 2 is 2.12 bits per heavy atom. The third-order valence-electron chi connectivity index (χ3n) is 2.81. The number of nitrogens with one attached hydrogen (secondary N) is 1. The van der Waals surface area contributed by atoms with E-state index in [2.05, 4.69) is 22.2 Å². The molecule has 1 N–H and O–H groups in total. The highest BCUT2D eigenvalue weighted by molar-refractivity contribution is 7.80. The number of thiocarbonyl (C=S) groups is 1. The van der Waals surface area contributed by atoms with E-state index >= 15 is 0 Å². The summed E-state index contributed by atoms with van der Waals surface area (Å²) in [6.07, 6.45) is 0.424. The minimum absolute atomic E-state index is 0.423. The van der Waals surface area contributed by atoms with Crippen LogP contribution in [0.1, 0.15) is 11.1 Å². The van der Waals surface area contributed by atoms with E-state index in [0.29, 0.717) is 5.11 Å². The number of alkyl carbamates (subject to hydrolysis) is 1. The molecule has 0 spiro atoms. The molecule has 0 saturated heterocycles. The molecule has 0 unspecified atom stereocenters. The molecule has 1 amide bonds. The van der Waals surface area contributed by atoms with Crippen molar-refractivity contribution in [2.45, 2.75) is 13.0 Å². The lowest BCUT2D eigenvalue weighted by Gasteiger charge is -2.30. The van der Waals surface area contributed by atoms with Crippen LogP contribution in [0.5, 0.6) is 0 Å². The van der Waals surface area contributed by atoms with Crippen LogP contribution in [0.2, 0.25) is 0 Å². The number of hydrogen-bond donors (Lipinski definition) is 1. The number of amides is 1. The van der Waals surface area contributed by atoms with Gasteiger partial charge in [0.2, 0.25) is 0 Å². The van der Waals surface area contributed by atoms with Gasteiger partial charge < -0.3 is 9.64 Å². The molecular weight excluding hydrogens is 236 g/mol. The summed E-state index contributed by atoms with van der Waals surface area (Å²) in [6.45, 7) is 1.55. The maximum Gasteiger partial charge on any atom is 0.413 e. The molecule has 17 heavy (non-hydrogen) atoms. The van der Waals surface area contributed by atoms with Gasteiger partial charge in [0.1, 0.15) is 0 Å². The molecular formula is C12H14N2O2S. The second-order valence-electron chi connectivity index (χ2n) is 3.86. The van der Waals surface area contributed by atoms with Gasteiger partial charge in [-0.1, -0.05) is 24.3 Å². The molecule has 0 bridgehead atoms. The van der Waals surface area contributed by atoms with Crippen molar-refractivity contribution >= 4 is 23.4 Å². The third kappa shape index (κ3) is 2.74. The van der Waals surface area contributed by atoms with Crippen LogP contribution in [-0.2, 0) is 17.7 Å². The van der Waals surface area contributed by atoms with Crippen molar-refractivity contribution in [2.75, 3.05) is 13.7 Å².